The highest BCUT2D eigenvalue weighted by Crippen LogP contribution is 2.25. The predicted molar refractivity (Wildman–Crippen MR) is 122 cm³/mol. The topological polar surface area (TPSA) is 35.5 Å². The minimum Gasteiger partial charge on any atom is -0.494 e. The number of carbonyl (C=O) groups is 1. The molecular weight excluding hydrogens is 372 g/mol. The summed E-state index contributed by atoms with van der Waals surface area (Å²) in [6.45, 7) is 3.01. The first-order valence-corrected chi connectivity index (χ1v) is 10.9. The summed E-state index contributed by atoms with van der Waals surface area (Å²) in [5.74, 6) is 1.09. The first-order valence-electron chi connectivity index (χ1n) is 10.9. The maximum atomic E-state index is 12.1. The van der Waals surface area contributed by atoms with Crippen molar-refractivity contribution >= 4 is 5.97 Å². The van der Waals surface area contributed by atoms with Gasteiger partial charge >= 0.3 is 5.97 Å². The van der Waals surface area contributed by atoms with Crippen LogP contribution >= 0.6 is 0 Å². The second-order valence-electron chi connectivity index (χ2n) is 7.42. The van der Waals surface area contributed by atoms with Gasteiger partial charge in [-0.05, 0) is 53.9 Å². The van der Waals surface area contributed by atoms with Gasteiger partial charge in [-0.2, -0.15) is 0 Å². The van der Waals surface area contributed by atoms with Gasteiger partial charge in [-0.15, -0.1) is 0 Å². The zero-order valence-electron chi connectivity index (χ0n) is 17.7. The standard InChI is InChI=1S/C27H30O3/c1-2-3-4-5-6-10-21-29-25-17-13-22(14-18-25)23-15-19-26(20-16-23)30-27(28)24-11-8-7-9-12-24/h7-9,11-20H,2-6,10,21H2,1H3. The molecule has 3 aromatic carbocycles. The lowest BCUT2D eigenvalue weighted by Gasteiger charge is -2.08. The molecule has 3 heteroatoms. The van der Waals surface area contributed by atoms with E-state index in [1.165, 1.54) is 32.1 Å². The molecule has 0 aliphatic heterocycles. The fourth-order valence-corrected chi connectivity index (χ4v) is 3.27. The largest absolute Gasteiger partial charge is 0.494 e. The molecule has 0 aromatic heterocycles. The van der Waals surface area contributed by atoms with Crippen LogP contribution in [0.15, 0.2) is 78.9 Å². The van der Waals surface area contributed by atoms with Gasteiger partial charge in [0.25, 0.3) is 0 Å². The van der Waals surface area contributed by atoms with Gasteiger partial charge in [0.15, 0.2) is 0 Å². The fraction of sp³-hybridized carbons (Fsp3) is 0.296. The Hall–Kier alpha value is -3.07. The molecular formula is C27H30O3. The molecule has 0 saturated carbocycles. The third-order valence-corrected chi connectivity index (χ3v) is 5.03. The number of rotatable bonds is 11. The Labute approximate surface area is 179 Å². The van der Waals surface area contributed by atoms with Crippen molar-refractivity contribution < 1.29 is 14.3 Å². The molecule has 0 amide bonds. The zero-order chi connectivity index (χ0) is 21.0. The van der Waals surface area contributed by atoms with Crippen LogP contribution in [0.4, 0.5) is 0 Å². The molecule has 3 nitrogen and oxygen atoms in total. The molecule has 0 bridgehead atoms. The summed E-state index contributed by atoms with van der Waals surface area (Å²) in [4.78, 5) is 12.1. The minimum atomic E-state index is -0.352. The average molecular weight is 403 g/mol. The summed E-state index contributed by atoms with van der Waals surface area (Å²) in [7, 11) is 0. The normalized spacial score (nSPS) is 10.6. The van der Waals surface area contributed by atoms with Crippen molar-refractivity contribution in [2.45, 2.75) is 45.4 Å². The van der Waals surface area contributed by atoms with Gasteiger partial charge in [0.05, 0.1) is 12.2 Å². The monoisotopic (exact) mass is 402 g/mol. The molecule has 0 saturated heterocycles. The Morgan fingerprint density at radius 2 is 1.23 bits per heavy atom. The van der Waals surface area contributed by atoms with Crippen molar-refractivity contribution in [2.75, 3.05) is 6.61 Å². The quantitative estimate of drug-likeness (QED) is 0.192. The summed E-state index contributed by atoms with van der Waals surface area (Å²) in [6, 6.07) is 24.7. The van der Waals surface area contributed by atoms with Gasteiger partial charge in [-0.1, -0.05) is 81.5 Å². The van der Waals surface area contributed by atoms with Crippen LogP contribution in [0, 0.1) is 0 Å². The lowest BCUT2D eigenvalue weighted by atomic mass is 10.1. The van der Waals surface area contributed by atoms with Crippen molar-refractivity contribution in [3.05, 3.63) is 84.4 Å². The molecule has 0 fully saturated rings. The summed E-state index contributed by atoms with van der Waals surface area (Å²) in [5.41, 5.74) is 2.71. The molecule has 0 aliphatic rings. The van der Waals surface area contributed by atoms with E-state index in [9.17, 15) is 4.79 Å². The van der Waals surface area contributed by atoms with E-state index in [1.807, 2.05) is 54.6 Å². The number of esters is 1. The first kappa shape index (κ1) is 21.6. The molecule has 156 valence electrons. The highest BCUT2D eigenvalue weighted by molar-refractivity contribution is 5.91. The third-order valence-electron chi connectivity index (χ3n) is 5.03. The highest BCUT2D eigenvalue weighted by atomic mass is 16.5. The van der Waals surface area contributed by atoms with Crippen molar-refractivity contribution in [3.8, 4) is 22.6 Å². The maximum absolute atomic E-state index is 12.1. The molecule has 0 radical (unpaired) electrons. The Balaban J connectivity index is 1.47. The molecule has 0 spiro atoms. The van der Waals surface area contributed by atoms with Gasteiger partial charge in [-0.3, -0.25) is 0 Å². The lowest BCUT2D eigenvalue weighted by Crippen LogP contribution is -2.07. The Morgan fingerprint density at radius 3 is 1.87 bits per heavy atom. The smallest absolute Gasteiger partial charge is 0.343 e. The van der Waals surface area contributed by atoms with Crippen LogP contribution in [0.5, 0.6) is 11.5 Å². The number of hydrogen-bond donors (Lipinski definition) is 0. The first-order chi connectivity index (χ1) is 14.8. The number of carbonyl (C=O) groups excluding carboxylic acids is 1. The molecule has 3 rings (SSSR count). The second kappa shape index (κ2) is 11.8. The fourth-order valence-electron chi connectivity index (χ4n) is 3.27. The summed E-state index contributed by atoms with van der Waals surface area (Å²) < 4.78 is 11.3. The number of unbranched alkanes of at least 4 members (excludes halogenated alkanes) is 5. The van der Waals surface area contributed by atoms with E-state index in [2.05, 4.69) is 19.1 Å². The van der Waals surface area contributed by atoms with Crippen LogP contribution in [0.1, 0.15) is 55.8 Å². The number of benzene rings is 3. The second-order valence-corrected chi connectivity index (χ2v) is 7.42. The zero-order valence-corrected chi connectivity index (χ0v) is 17.7. The molecule has 30 heavy (non-hydrogen) atoms. The molecule has 0 heterocycles. The molecule has 0 aliphatic carbocycles. The highest BCUT2D eigenvalue weighted by Gasteiger charge is 2.08. The van der Waals surface area contributed by atoms with Crippen LogP contribution in [0.2, 0.25) is 0 Å². The molecule has 0 atom stereocenters. The summed E-state index contributed by atoms with van der Waals surface area (Å²) in [6.07, 6.45) is 7.58. The number of hydrogen-bond acceptors (Lipinski definition) is 3. The number of ether oxygens (including phenoxy) is 2. The molecule has 0 N–H and O–H groups in total. The summed E-state index contributed by atoms with van der Waals surface area (Å²) >= 11 is 0. The van der Waals surface area contributed by atoms with E-state index in [1.54, 1.807) is 12.1 Å². The van der Waals surface area contributed by atoms with Crippen LogP contribution in [0.3, 0.4) is 0 Å². The van der Waals surface area contributed by atoms with E-state index in [-0.39, 0.29) is 5.97 Å². The van der Waals surface area contributed by atoms with Gasteiger partial charge in [0.1, 0.15) is 11.5 Å². The van der Waals surface area contributed by atoms with E-state index < -0.39 is 0 Å². The van der Waals surface area contributed by atoms with Gasteiger partial charge in [-0.25, -0.2) is 4.79 Å². The van der Waals surface area contributed by atoms with E-state index in [4.69, 9.17) is 9.47 Å². The van der Waals surface area contributed by atoms with Crippen LogP contribution in [0.25, 0.3) is 11.1 Å². The Bertz CT molecular complexity index is 884. The van der Waals surface area contributed by atoms with E-state index >= 15 is 0 Å². The van der Waals surface area contributed by atoms with Crippen molar-refractivity contribution in [1.29, 1.82) is 0 Å². The molecule has 0 unspecified atom stereocenters. The van der Waals surface area contributed by atoms with Crippen molar-refractivity contribution in [3.63, 3.8) is 0 Å². The van der Waals surface area contributed by atoms with Gasteiger partial charge in [0.2, 0.25) is 0 Å². The Morgan fingerprint density at radius 1 is 0.667 bits per heavy atom. The average Bonchev–Trinajstić information content (AvgIpc) is 2.80. The van der Waals surface area contributed by atoms with Crippen LogP contribution in [-0.4, -0.2) is 12.6 Å². The predicted octanol–water partition coefficient (Wildman–Crippen LogP) is 7.31. The van der Waals surface area contributed by atoms with Crippen molar-refractivity contribution in [2.24, 2.45) is 0 Å². The maximum Gasteiger partial charge on any atom is 0.343 e. The van der Waals surface area contributed by atoms with Gasteiger partial charge in [0, 0.05) is 0 Å². The minimum absolute atomic E-state index is 0.352. The lowest BCUT2D eigenvalue weighted by molar-refractivity contribution is 0.0735. The SMILES string of the molecule is CCCCCCCCOc1ccc(-c2ccc(OC(=O)c3ccccc3)cc2)cc1. The van der Waals surface area contributed by atoms with E-state index in [0.29, 0.717) is 11.3 Å². The van der Waals surface area contributed by atoms with E-state index in [0.717, 1.165) is 29.9 Å². The summed E-state index contributed by atoms with van der Waals surface area (Å²) in [5, 5.41) is 0. The van der Waals surface area contributed by atoms with Crippen molar-refractivity contribution in [1.82, 2.24) is 0 Å². The van der Waals surface area contributed by atoms with Crippen LogP contribution in [-0.2, 0) is 0 Å². The van der Waals surface area contributed by atoms with Crippen LogP contribution < -0.4 is 9.47 Å². The Kier molecular flexibility index (Phi) is 8.52. The van der Waals surface area contributed by atoms with Gasteiger partial charge < -0.3 is 9.47 Å². The third kappa shape index (κ3) is 6.77. The molecule has 3 aromatic rings.